The fraction of sp³-hybridized carbons (Fsp3) is 0.500. The van der Waals surface area contributed by atoms with Gasteiger partial charge in [0.2, 0.25) is 0 Å². The van der Waals surface area contributed by atoms with Crippen LogP contribution in [-0.2, 0) is 4.65 Å². The Bertz CT molecular complexity index is 291. The number of nitrogens with one attached hydrogen (secondary N) is 1. The van der Waals surface area contributed by atoms with E-state index in [1.165, 1.54) is 18.4 Å². The zero-order valence-corrected chi connectivity index (χ0v) is 9.28. The Morgan fingerprint density at radius 3 is 2.93 bits per heavy atom. The molecule has 0 spiro atoms. The molecule has 0 saturated carbocycles. The van der Waals surface area contributed by atoms with E-state index in [4.69, 9.17) is 4.65 Å². The number of rotatable bonds is 4. The van der Waals surface area contributed by atoms with E-state index in [0.29, 0.717) is 0 Å². The topological polar surface area (TPSA) is 21.3 Å². The zero-order valence-electron chi connectivity index (χ0n) is 9.28. The zero-order chi connectivity index (χ0) is 10.5. The smallest absolute Gasteiger partial charge is 0.380 e. The van der Waals surface area contributed by atoms with Gasteiger partial charge in [-0.3, -0.25) is 0 Å². The molecule has 3 heteroatoms. The van der Waals surface area contributed by atoms with E-state index in [1.807, 2.05) is 6.07 Å². The molecule has 1 aliphatic heterocycles. The van der Waals surface area contributed by atoms with Crippen LogP contribution in [0.25, 0.3) is 0 Å². The molecule has 15 heavy (non-hydrogen) atoms. The van der Waals surface area contributed by atoms with Gasteiger partial charge in [-0.25, -0.2) is 0 Å². The van der Waals surface area contributed by atoms with Gasteiger partial charge in [0.1, 0.15) is 0 Å². The van der Waals surface area contributed by atoms with Crippen molar-refractivity contribution in [2.75, 3.05) is 6.54 Å². The second-order valence-electron chi connectivity index (χ2n) is 4.07. The predicted octanol–water partition coefficient (Wildman–Crippen LogP) is 2.64. The van der Waals surface area contributed by atoms with Crippen LogP contribution in [0.15, 0.2) is 30.3 Å². The highest BCUT2D eigenvalue weighted by atomic mass is 16.5. The fourth-order valence-electron chi connectivity index (χ4n) is 1.96. The maximum absolute atomic E-state index is 5.94. The van der Waals surface area contributed by atoms with Crippen molar-refractivity contribution in [2.45, 2.75) is 32.2 Å². The lowest BCUT2D eigenvalue weighted by atomic mass is 9.78. The van der Waals surface area contributed by atoms with E-state index in [0.717, 1.165) is 12.9 Å². The molecule has 0 bridgehead atoms. The molecule has 2 rings (SSSR count). The Morgan fingerprint density at radius 1 is 1.40 bits per heavy atom. The van der Waals surface area contributed by atoms with Gasteiger partial charge in [-0.15, -0.1) is 0 Å². The number of hydrogen-bond acceptors (Lipinski definition) is 2. The van der Waals surface area contributed by atoms with Crippen molar-refractivity contribution in [3.63, 3.8) is 0 Å². The first kappa shape index (κ1) is 10.7. The van der Waals surface area contributed by atoms with Crippen molar-refractivity contribution in [3.05, 3.63) is 35.9 Å². The van der Waals surface area contributed by atoms with Crippen molar-refractivity contribution in [3.8, 4) is 0 Å². The van der Waals surface area contributed by atoms with Crippen LogP contribution in [0.2, 0.25) is 6.32 Å². The number of hydrogen-bond donors (Lipinski definition) is 1. The Labute approximate surface area is 92.2 Å². The molecule has 1 fully saturated rings. The van der Waals surface area contributed by atoms with Crippen LogP contribution in [0.4, 0.5) is 0 Å². The van der Waals surface area contributed by atoms with E-state index in [9.17, 15) is 0 Å². The predicted molar refractivity (Wildman–Crippen MR) is 63.7 cm³/mol. The molecule has 2 nitrogen and oxygen atoms in total. The molecule has 1 aliphatic rings. The third-order valence-corrected chi connectivity index (χ3v) is 2.85. The largest absolute Gasteiger partial charge is 0.413 e. The van der Waals surface area contributed by atoms with Gasteiger partial charge in [-0.1, -0.05) is 50.1 Å². The van der Waals surface area contributed by atoms with Gasteiger partial charge in [-0.2, -0.15) is 0 Å². The first-order valence-electron chi connectivity index (χ1n) is 5.84. The molecule has 1 heterocycles. The molecule has 1 aromatic carbocycles. The Kier molecular flexibility index (Phi) is 3.81. The van der Waals surface area contributed by atoms with Crippen molar-refractivity contribution < 1.29 is 4.65 Å². The molecule has 80 valence electrons. The van der Waals surface area contributed by atoms with E-state index in [-0.39, 0.29) is 13.2 Å². The Balaban J connectivity index is 1.87. The van der Waals surface area contributed by atoms with Crippen LogP contribution in [0.1, 0.15) is 31.4 Å². The van der Waals surface area contributed by atoms with E-state index in [1.54, 1.807) is 0 Å². The van der Waals surface area contributed by atoms with Gasteiger partial charge >= 0.3 is 7.05 Å². The van der Waals surface area contributed by atoms with E-state index >= 15 is 0 Å². The molecule has 0 amide bonds. The monoisotopic (exact) mass is 203 g/mol. The van der Waals surface area contributed by atoms with Gasteiger partial charge < -0.3 is 9.88 Å². The lowest BCUT2D eigenvalue weighted by Crippen LogP contribution is -2.27. The summed E-state index contributed by atoms with van der Waals surface area (Å²) in [5.74, 6) is 0. The molecule has 0 radical (unpaired) electrons. The summed E-state index contributed by atoms with van der Waals surface area (Å²) in [7, 11) is 0.259. The highest BCUT2D eigenvalue weighted by Gasteiger charge is 2.28. The number of unbranched alkanes of at least 4 members (excludes halogenated alkanes) is 1. The van der Waals surface area contributed by atoms with Crippen molar-refractivity contribution in [1.82, 2.24) is 5.23 Å². The molecule has 0 aliphatic carbocycles. The lowest BCUT2D eigenvalue weighted by Gasteiger charge is -2.10. The quantitative estimate of drug-likeness (QED) is 0.759. The average Bonchev–Trinajstić information content (AvgIpc) is 2.76. The highest BCUT2D eigenvalue weighted by molar-refractivity contribution is 6.49. The van der Waals surface area contributed by atoms with Crippen LogP contribution >= 0.6 is 0 Å². The van der Waals surface area contributed by atoms with Crippen molar-refractivity contribution in [2.24, 2.45) is 0 Å². The van der Waals surface area contributed by atoms with Crippen LogP contribution in [-0.4, -0.2) is 13.6 Å². The number of benzene rings is 1. The molecule has 1 aromatic rings. The van der Waals surface area contributed by atoms with Crippen molar-refractivity contribution >= 4 is 7.05 Å². The Morgan fingerprint density at radius 2 is 2.20 bits per heavy atom. The van der Waals surface area contributed by atoms with Gasteiger partial charge in [-0.05, 0) is 11.9 Å². The third kappa shape index (κ3) is 2.83. The standard InChI is InChI=1S/C12H18BNO/c1-2-3-9-13-14-10-12(15-13)11-7-5-4-6-8-11/h4-8,12,14H,2-3,9-10H2,1H3. The minimum absolute atomic E-state index is 0.244. The van der Waals surface area contributed by atoms with Gasteiger partial charge in [0.25, 0.3) is 0 Å². The highest BCUT2D eigenvalue weighted by Crippen LogP contribution is 2.22. The minimum atomic E-state index is 0.244. The SMILES string of the molecule is CCCCB1NCC(c2ccccc2)O1. The second kappa shape index (κ2) is 5.33. The normalized spacial score (nSPS) is 20.9. The lowest BCUT2D eigenvalue weighted by molar-refractivity contribution is 0.248. The average molecular weight is 203 g/mol. The van der Waals surface area contributed by atoms with Gasteiger partial charge in [0.05, 0.1) is 6.10 Å². The van der Waals surface area contributed by atoms with E-state index in [2.05, 4.69) is 36.4 Å². The summed E-state index contributed by atoms with van der Waals surface area (Å²) in [6.45, 7) is 3.15. The third-order valence-electron chi connectivity index (χ3n) is 2.85. The van der Waals surface area contributed by atoms with Crippen LogP contribution in [0.3, 0.4) is 0 Å². The maximum atomic E-state index is 5.94. The van der Waals surface area contributed by atoms with Gasteiger partial charge in [0, 0.05) is 6.54 Å². The molecule has 1 unspecified atom stereocenters. The minimum Gasteiger partial charge on any atom is -0.413 e. The summed E-state index contributed by atoms with van der Waals surface area (Å²) in [4.78, 5) is 0. The summed E-state index contributed by atoms with van der Waals surface area (Å²) in [5, 5.41) is 3.42. The summed E-state index contributed by atoms with van der Waals surface area (Å²) in [6.07, 6.45) is 3.84. The summed E-state index contributed by atoms with van der Waals surface area (Å²) in [6, 6.07) is 10.4. The molecule has 1 saturated heterocycles. The fourth-order valence-corrected chi connectivity index (χ4v) is 1.96. The molecule has 0 aromatic heterocycles. The van der Waals surface area contributed by atoms with Crippen LogP contribution in [0.5, 0.6) is 0 Å². The second-order valence-corrected chi connectivity index (χ2v) is 4.07. The molecule has 1 atom stereocenters. The Hall–Kier alpha value is -0.795. The molecular formula is C12H18BNO. The van der Waals surface area contributed by atoms with Gasteiger partial charge in [0.15, 0.2) is 0 Å². The van der Waals surface area contributed by atoms with Crippen LogP contribution < -0.4 is 5.23 Å². The van der Waals surface area contributed by atoms with E-state index < -0.39 is 0 Å². The molecule has 1 N–H and O–H groups in total. The first-order valence-corrected chi connectivity index (χ1v) is 5.84. The summed E-state index contributed by atoms with van der Waals surface area (Å²) in [5.41, 5.74) is 1.28. The maximum Gasteiger partial charge on any atom is 0.380 e. The summed E-state index contributed by atoms with van der Waals surface area (Å²) >= 11 is 0. The van der Waals surface area contributed by atoms with Crippen molar-refractivity contribution in [1.29, 1.82) is 0 Å². The molecular weight excluding hydrogens is 185 g/mol. The van der Waals surface area contributed by atoms with Crippen LogP contribution in [0, 0.1) is 0 Å². The first-order chi connectivity index (χ1) is 7.40. The summed E-state index contributed by atoms with van der Waals surface area (Å²) < 4.78 is 5.94.